The van der Waals surface area contributed by atoms with Crippen molar-refractivity contribution in [2.24, 2.45) is 5.73 Å². The number of nitrogens with two attached hydrogens (primary N) is 1. The fraction of sp³-hybridized carbons (Fsp3) is 0.500. The topological polar surface area (TPSA) is 104 Å². The van der Waals surface area contributed by atoms with Gasteiger partial charge in [-0.2, -0.15) is 4.98 Å². The molecule has 0 saturated carbocycles. The number of aromatic nitrogens is 3. The van der Waals surface area contributed by atoms with Crippen molar-refractivity contribution >= 4 is 9.84 Å². The van der Waals surface area contributed by atoms with Gasteiger partial charge in [-0.25, -0.2) is 8.42 Å². The minimum absolute atomic E-state index is 0.000958. The van der Waals surface area contributed by atoms with Crippen LogP contribution in [0.3, 0.4) is 0 Å². The maximum absolute atomic E-state index is 11.1. The van der Waals surface area contributed by atoms with Gasteiger partial charge in [-0.1, -0.05) is 5.16 Å². The smallest absolute Gasteiger partial charge is 0.243 e. The molecule has 0 aliphatic rings. The standard InChI is InChI=1S/C12H18N4O3S/c1-9(16-6-3-4-7-16)11-14-12(19-15-11)10(13)5-8-20(2,17)18/h3-4,6-7,9-10H,5,8,13H2,1-2H3/t9-,10+/m0/s1. The molecule has 0 unspecified atom stereocenters. The van der Waals surface area contributed by atoms with Gasteiger partial charge in [-0.15, -0.1) is 0 Å². The summed E-state index contributed by atoms with van der Waals surface area (Å²) in [4.78, 5) is 4.25. The molecule has 0 aromatic carbocycles. The minimum Gasteiger partial charge on any atom is -0.344 e. The van der Waals surface area contributed by atoms with Gasteiger partial charge in [0.1, 0.15) is 9.84 Å². The zero-order valence-electron chi connectivity index (χ0n) is 11.4. The highest BCUT2D eigenvalue weighted by Gasteiger charge is 2.20. The molecule has 2 aromatic heterocycles. The Kier molecular flexibility index (Phi) is 4.24. The zero-order chi connectivity index (χ0) is 14.8. The predicted molar refractivity (Wildman–Crippen MR) is 73.8 cm³/mol. The highest BCUT2D eigenvalue weighted by atomic mass is 32.2. The van der Waals surface area contributed by atoms with E-state index in [0.717, 1.165) is 0 Å². The molecule has 2 atom stereocenters. The Morgan fingerprint density at radius 3 is 2.65 bits per heavy atom. The third kappa shape index (κ3) is 3.67. The lowest BCUT2D eigenvalue weighted by atomic mass is 10.2. The largest absolute Gasteiger partial charge is 0.344 e. The molecule has 0 saturated heterocycles. The molecule has 0 aliphatic carbocycles. The molecular formula is C12H18N4O3S. The Balaban J connectivity index is 2.05. The summed E-state index contributed by atoms with van der Waals surface area (Å²) in [6, 6.07) is 3.19. The lowest BCUT2D eigenvalue weighted by molar-refractivity contribution is 0.345. The lowest BCUT2D eigenvalue weighted by Gasteiger charge is -2.08. The van der Waals surface area contributed by atoms with E-state index in [4.69, 9.17) is 10.3 Å². The van der Waals surface area contributed by atoms with E-state index in [1.54, 1.807) is 0 Å². The Hall–Kier alpha value is -1.67. The van der Waals surface area contributed by atoms with Gasteiger partial charge < -0.3 is 14.8 Å². The summed E-state index contributed by atoms with van der Waals surface area (Å²) in [5.74, 6) is 0.785. The van der Waals surface area contributed by atoms with Crippen molar-refractivity contribution in [1.29, 1.82) is 0 Å². The third-order valence-electron chi connectivity index (χ3n) is 3.02. The van der Waals surface area contributed by atoms with Crippen LogP contribution in [0.4, 0.5) is 0 Å². The van der Waals surface area contributed by atoms with Crippen molar-refractivity contribution in [3.05, 3.63) is 36.2 Å². The van der Waals surface area contributed by atoms with Gasteiger partial charge >= 0.3 is 0 Å². The lowest BCUT2D eigenvalue weighted by Crippen LogP contribution is -2.16. The number of nitrogens with zero attached hydrogens (tertiary/aromatic N) is 3. The van der Waals surface area contributed by atoms with Crippen LogP contribution >= 0.6 is 0 Å². The summed E-state index contributed by atoms with van der Waals surface area (Å²) in [5.41, 5.74) is 5.87. The molecule has 0 radical (unpaired) electrons. The number of hydrogen-bond donors (Lipinski definition) is 1. The van der Waals surface area contributed by atoms with Gasteiger partial charge in [-0.3, -0.25) is 0 Å². The molecule has 0 spiro atoms. The Bertz CT molecular complexity index is 648. The molecule has 2 N–H and O–H groups in total. The second kappa shape index (κ2) is 5.76. The molecule has 0 bridgehead atoms. The summed E-state index contributed by atoms with van der Waals surface area (Å²) >= 11 is 0. The van der Waals surface area contributed by atoms with E-state index in [2.05, 4.69) is 10.1 Å². The molecule has 2 rings (SSSR count). The Morgan fingerprint density at radius 1 is 1.40 bits per heavy atom. The predicted octanol–water partition coefficient (Wildman–Crippen LogP) is 0.915. The van der Waals surface area contributed by atoms with Gasteiger partial charge in [0, 0.05) is 18.6 Å². The van der Waals surface area contributed by atoms with Crippen molar-refractivity contribution in [2.45, 2.75) is 25.4 Å². The molecule has 0 amide bonds. The van der Waals surface area contributed by atoms with Gasteiger partial charge in [0.25, 0.3) is 0 Å². The van der Waals surface area contributed by atoms with Crippen LogP contribution in [0.15, 0.2) is 29.0 Å². The van der Waals surface area contributed by atoms with Crippen molar-refractivity contribution in [3.63, 3.8) is 0 Å². The molecule has 20 heavy (non-hydrogen) atoms. The fourth-order valence-electron chi connectivity index (χ4n) is 1.77. The first-order valence-corrected chi connectivity index (χ1v) is 8.32. The van der Waals surface area contributed by atoms with Crippen molar-refractivity contribution in [1.82, 2.24) is 14.7 Å². The number of hydrogen-bond acceptors (Lipinski definition) is 6. The van der Waals surface area contributed by atoms with Crippen LogP contribution in [0.1, 0.15) is 37.1 Å². The fourth-order valence-corrected chi connectivity index (χ4v) is 2.45. The van der Waals surface area contributed by atoms with Crippen LogP contribution in [0.25, 0.3) is 0 Å². The second-order valence-corrected chi connectivity index (χ2v) is 7.08. The monoisotopic (exact) mass is 298 g/mol. The van der Waals surface area contributed by atoms with E-state index < -0.39 is 15.9 Å². The molecule has 110 valence electrons. The maximum Gasteiger partial charge on any atom is 0.243 e. The van der Waals surface area contributed by atoms with Crippen molar-refractivity contribution in [3.8, 4) is 0 Å². The average molecular weight is 298 g/mol. The van der Waals surface area contributed by atoms with Crippen LogP contribution in [0, 0.1) is 0 Å². The van der Waals surface area contributed by atoms with Crippen LogP contribution in [-0.2, 0) is 9.84 Å². The molecule has 0 aliphatic heterocycles. The van der Waals surface area contributed by atoms with Gasteiger partial charge in [0.2, 0.25) is 5.89 Å². The third-order valence-corrected chi connectivity index (χ3v) is 4.00. The van der Waals surface area contributed by atoms with Crippen LogP contribution in [0.5, 0.6) is 0 Å². The SMILES string of the molecule is C[C@@H](c1noc([C@H](N)CCS(C)(=O)=O)n1)n1cccc1. The van der Waals surface area contributed by atoms with Crippen LogP contribution < -0.4 is 5.73 Å². The molecule has 2 heterocycles. The van der Waals surface area contributed by atoms with E-state index in [-0.39, 0.29) is 24.1 Å². The van der Waals surface area contributed by atoms with Crippen LogP contribution in [-0.4, -0.2) is 35.1 Å². The van der Waals surface area contributed by atoms with E-state index >= 15 is 0 Å². The van der Waals surface area contributed by atoms with E-state index in [9.17, 15) is 8.42 Å². The van der Waals surface area contributed by atoms with Gasteiger partial charge in [-0.05, 0) is 25.5 Å². The van der Waals surface area contributed by atoms with E-state index in [0.29, 0.717) is 5.82 Å². The normalized spacial score (nSPS) is 15.2. The Labute approximate surface area is 117 Å². The minimum atomic E-state index is -3.05. The van der Waals surface area contributed by atoms with Gasteiger partial charge in [0.05, 0.1) is 17.8 Å². The first-order chi connectivity index (χ1) is 9.37. The molecule has 7 nitrogen and oxygen atoms in total. The number of rotatable bonds is 6. The zero-order valence-corrected chi connectivity index (χ0v) is 12.2. The summed E-state index contributed by atoms with van der Waals surface area (Å²) < 4.78 is 29.3. The molecule has 0 fully saturated rings. The first kappa shape index (κ1) is 14.7. The van der Waals surface area contributed by atoms with Gasteiger partial charge in [0.15, 0.2) is 5.82 Å². The van der Waals surface area contributed by atoms with E-state index in [1.165, 1.54) is 6.26 Å². The maximum atomic E-state index is 11.1. The number of sulfone groups is 1. The highest BCUT2D eigenvalue weighted by Crippen LogP contribution is 2.18. The second-order valence-electron chi connectivity index (χ2n) is 4.82. The van der Waals surface area contributed by atoms with E-state index in [1.807, 2.05) is 36.0 Å². The first-order valence-electron chi connectivity index (χ1n) is 6.26. The van der Waals surface area contributed by atoms with Crippen LogP contribution in [0.2, 0.25) is 0 Å². The summed E-state index contributed by atoms with van der Waals surface area (Å²) in [6.45, 7) is 1.94. The molecule has 8 heteroatoms. The average Bonchev–Trinajstić information content (AvgIpc) is 3.04. The quantitative estimate of drug-likeness (QED) is 0.850. The summed E-state index contributed by atoms with van der Waals surface area (Å²) in [7, 11) is -3.05. The molecule has 2 aromatic rings. The van der Waals surface area contributed by atoms with Crippen molar-refractivity contribution < 1.29 is 12.9 Å². The summed E-state index contributed by atoms with van der Waals surface area (Å²) in [5, 5.41) is 3.90. The summed E-state index contributed by atoms with van der Waals surface area (Å²) in [6.07, 6.45) is 5.25. The Morgan fingerprint density at radius 2 is 2.05 bits per heavy atom. The highest BCUT2D eigenvalue weighted by molar-refractivity contribution is 7.90. The van der Waals surface area contributed by atoms with Crippen molar-refractivity contribution in [2.75, 3.05) is 12.0 Å². The molecular weight excluding hydrogens is 280 g/mol.